The lowest BCUT2D eigenvalue weighted by Crippen LogP contribution is -2.28. The van der Waals surface area contributed by atoms with Gasteiger partial charge in [-0.1, -0.05) is 5.92 Å². The summed E-state index contributed by atoms with van der Waals surface area (Å²) in [6.07, 6.45) is 4.91. The molecule has 0 unspecified atom stereocenters. The largest absolute Gasteiger partial charge is 0.370 e. The van der Waals surface area contributed by atoms with Crippen LogP contribution < -0.4 is 11.1 Å². The minimum absolute atomic E-state index is 0.0267. The zero-order chi connectivity index (χ0) is 8.53. The van der Waals surface area contributed by atoms with Crippen LogP contribution in [0.5, 0.6) is 0 Å². The van der Waals surface area contributed by atoms with Crippen molar-refractivity contribution >= 4 is 5.91 Å². The molecule has 0 aromatic carbocycles. The van der Waals surface area contributed by atoms with Crippen molar-refractivity contribution in [2.24, 2.45) is 5.73 Å². The normalized spacial score (nSPS) is 8.73. The number of terminal acetylenes is 1. The number of hydrogen-bond donors (Lipinski definition) is 2. The van der Waals surface area contributed by atoms with E-state index in [2.05, 4.69) is 11.2 Å². The summed E-state index contributed by atoms with van der Waals surface area (Å²) in [5, 5.41) is 2.45. The second-order valence-corrected chi connectivity index (χ2v) is 1.82. The first-order valence-electron chi connectivity index (χ1n) is 3.29. The Hall–Kier alpha value is -1.05. The summed E-state index contributed by atoms with van der Waals surface area (Å²) < 4.78 is 4.84. The maximum absolute atomic E-state index is 10.7. The van der Waals surface area contributed by atoms with E-state index in [4.69, 9.17) is 16.9 Å². The van der Waals surface area contributed by atoms with E-state index < -0.39 is 0 Å². The summed E-state index contributed by atoms with van der Waals surface area (Å²) in [6.45, 7) is 1.08. The summed E-state index contributed by atoms with van der Waals surface area (Å²) in [7, 11) is 0. The molecule has 0 aliphatic rings. The molecule has 11 heavy (non-hydrogen) atoms. The van der Waals surface area contributed by atoms with E-state index in [9.17, 15) is 4.79 Å². The number of carbonyl (C=O) groups is 1. The lowest BCUT2D eigenvalue weighted by Gasteiger charge is -2.01. The molecule has 4 heteroatoms. The van der Waals surface area contributed by atoms with E-state index in [0.717, 1.165) is 0 Å². The molecule has 4 nitrogen and oxygen atoms in total. The van der Waals surface area contributed by atoms with Crippen molar-refractivity contribution in [3.63, 3.8) is 0 Å². The van der Waals surface area contributed by atoms with Crippen LogP contribution >= 0.6 is 0 Å². The lowest BCUT2D eigenvalue weighted by atomic mass is 10.6. The number of amides is 1. The van der Waals surface area contributed by atoms with Crippen molar-refractivity contribution in [1.82, 2.24) is 5.32 Å². The van der Waals surface area contributed by atoms with Crippen molar-refractivity contribution in [3.05, 3.63) is 0 Å². The van der Waals surface area contributed by atoms with Gasteiger partial charge in [-0.3, -0.25) is 4.79 Å². The van der Waals surface area contributed by atoms with Gasteiger partial charge in [0, 0.05) is 6.54 Å². The van der Waals surface area contributed by atoms with Crippen LogP contribution in [0, 0.1) is 12.3 Å². The zero-order valence-electron chi connectivity index (χ0n) is 6.30. The molecular weight excluding hydrogens is 144 g/mol. The Balaban J connectivity index is 3.17. The van der Waals surface area contributed by atoms with Gasteiger partial charge in [-0.25, -0.2) is 0 Å². The maximum atomic E-state index is 10.7. The molecule has 0 heterocycles. The minimum atomic E-state index is -0.212. The lowest BCUT2D eigenvalue weighted by molar-refractivity contribution is -0.125. The molecule has 62 valence electrons. The first-order valence-corrected chi connectivity index (χ1v) is 3.29. The predicted octanol–water partition coefficient (Wildman–Crippen LogP) is -1.29. The molecule has 0 aromatic heterocycles. The van der Waals surface area contributed by atoms with E-state index in [1.807, 2.05) is 0 Å². The standard InChI is InChI=1S/C7H12N2O2/c1-2-4-9-7(10)6-11-5-3-8/h1H,3-6,8H2,(H,9,10). The van der Waals surface area contributed by atoms with E-state index in [0.29, 0.717) is 13.2 Å². The Kier molecular flexibility index (Phi) is 6.39. The van der Waals surface area contributed by atoms with Crippen molar-refractivity contribution in [3.8, 4) is 12.3 Å². The number of nitrogens with one attached hydrogen (secondary N) is 1. The van der Waals surface area contributed by atoms with Crippen LogP contribution in [0.25, 0.3) is 0 Å². The Morgan fingerprint density at radius 3 is 3.00 bits per heavy atom. The van der Waals surface area contributed by atoms with Gasteiger partial charge < -0.3 is 15.8 Å². The predicted molar refractivity (Wildman–Crippen MR) is 41.7 cm³/mol. The molecule has 0 aliphatic heterocycles. The van der Waals surface area contributed by atoms with Crippen molar-refractivity contribution in [2.75, 3.05) is 26.3 Å². The fourth-order valence-corrected chi connectivity index (χ4v) is 0.449. The summed E-state index contributed by atoms with van der Waals surface area (Å²) in [5.74, 6) is 2.07. The molecule has 0 saturated heterocycles. The third-order valence-electron chi connectivity index (χ3n) is 0.883. The quantitative estimate of drug-likeness (QED) is 0.384. The number of hydrogen-bond acceptors (Lipinski definition) is 3. The molecule has 0 bridgehead atoms. The van der Waals surface area contributed by atoms with Gasteiger partial charge in [0.25, 0.3) is 0 Å². The third kappa shape index (κ3) is 6.84. The fraction of sp³-hybridized carbons (Fsp3) is 0.571. The van der Waals surface area contributed by atoms with Crippen LogP contribution in [0.4, 0.5) is 0 Å². The van der Waals surface area contributed by atoms with Gasteiger partial charge >= 0.3 is 0 Å². The number of nitrogens with two attached hydrogens (primary N) is 1. The van der Waals surface area contributed by atoms with E-state index in [1.54, 1.807) is 0 Å². The van der Waals surface area contributed by atoms with Gasteiger partial charge in [0.1, 0.15) is 6.61 Å². The van der Waals surface area contributed by atoms with E-state index in [-0.39, 0.29) is 19.1 Å². The van der Waals surface area contributed by atoms with Crippen LogP contribution in [0.1, 0.15) is 0 Å². The molecular formula is C7H12N2O2. The number of ether oxygens (including phenoxy) is 1. The van der Waals surface area contributed by atoms with Gasteiger partial charge in [0.15, 0.2) is 0 Å². The summed E-state index contributed by atoms with van der Waals surface area (Å²) in [4.78, 5) is 10.7. The average Bonchev–Trinajstić information content (AvgIpc) is 2.01. The molecule has 0 saturated carbocycles. The first kappa shape index (κ1) is 9.95. The molecule has 0 spiro atoms. The maximum Gasteiger partial charge on any atom is 0.246 e. The Morgan fingerprint density at radius 1 is 1.73 bits per heavy atom. The highest BCUT2D eigenvalue weighted by Gasteiger charge is 1.96. The van der Waals surface area contributed by atoms with Gasteiger partial charge in [0.2, 0.25) is 5.91 Å². The van der Waals surface area contributed by atoms with Crippen molar-refractivity contribution in [2.45, 2.75) is 0 Å². The minimum Gasteiger partial charge on any atom is -0.370 e. The van der Waals surface area contributed by atoms with Gasteiger partial charge in [-0.05, 0) is 0 Å². The van der Waals surface area contributed by atoms with Crippen LogP contribution in [0.15, 0.2) is 0 Å². The van der Waals surface area contributed by atoms with Crippen LogP contribution in [-0.2, 0) is 9.53 Å². The van der Waals surface area contributed by atoms with E-state index >= 15 is 0 Å². The average molecular weight is 156 g/mol. The highest BCUT2D eigenvalue weighted by Crippen LogP contribution is 1.72. The second kappa shape index (κ2) is 7.06. The highest BCUT2D eigenvalue weighted by molar-refractivity contribution is 5.77. The summed E-state index contributed by atoms with van der Waals surface area (Å²) in [5.41, 5.74) is 5.13. The molecule has 0 atom stereocenters. The van der Waals surface area contributed by atoms with Crippen molar-refractivity contribution in [1.29, 1.82) is 0 Å². The van der Waals surface area contributed by atoms with Gasteiger partial charge in [-0.15, -0.1) is 6.42 Å². The van der Waals surface area contributed by atoms with Gasteiger partial charge in [0.05, 0.1) is 13.2 Å². The van der Waals surface area contributed by atoms with Crippen LogP contribution in [-0.4, -0.2) is 32.2 Å². The molecule has 3 N–H and O–H groups in total. The van der Waals surface area contributed by atoms with Crippen LogP contribution in [0.2, 0.25) is 0 Å². The third-order valence-corrected chi connectivity index (χ3v) is 0.883. The van der Waals surface area contributed by atoms with Crippen LogP contribution in [0.3, 0.4) is 0 Å². The van der Waals surface area contributed by atoms with Gasteiger partial charge in [-0.2, -0.15) is 0 Å². The Morgan fingerprint density at radius 2 is 2.45 bits per heavy atom. The SMILES string of the molecule is C#CCNC(=O)COCCN. The molecule has 0 rings (SSSR count). The monoisotopic (exact) mass is 156 g/mol. The zero-order valence-corrected chi connectivity index (χ0v) is 6.30. The first-order chi connectivity index (χ1) is 5.31. The summed E-state index contributed by atoms with van der Waals surface area (Å²) in [6, 6.07) is 0. The number of rotatable bonds is 5. The molecule has 0 fully saturated rings. The molecule has 0 aliphatic carbocycles. The Bertz CT molecular complexity index is 151. The van der Waals surface area contributed by atoms with Crippen molar-refractivity contribution < 1.29 is 9.53 Å². The second-order valence-electron chi connectivity index (χ2n) is 1.82. The Labute approximate surface area is 66.1 Å². The highest BCUT2D eigenvalue weighted by atomic mass is 16.5. The molecule has 0 aromatic rings. The number of carbonyl (C=O) groups excluding carboxylic acids is 1. The topological polar surface area (TPSA) is 64.3 Å². The smallest absolute Gasteiger partial charge is 0.246 e. The fourth-order valence-electron chi connectivity index (χ4n) is 0.449. The molecule has 1 amide bonds. The van der Waals surface area contributed by atoms with E-state index in [1.165, 1.54) is 0 Å². The molecule has 0 radical (unpaired) electrons. The summed E-state index contributed by atoms with van der Waals surface area (Å²) >= 11 is 0.